The lowest BCUT2D eigenvalue weighted by Gasteiger charge is -2.43. The van der Waals surface area contributed by atoms with Crippen LogP contribution >= 0.6 is 15.9 Å². The molecule has 0 bridgehead atoms. The fourth-order valence-electron chi connectivity index (χ4n) is 1.96. The summed E-state index contributed by atoms with van der Waals surface area (Å²) in [5.41, 5.74) is -0.247. The maximum atomic E-state index is 11.6. The molecule has 2 atom stereocenters. The molecule has 15 heavy (non-hydrogen) atoms. The van der Waals surface area contributed by atoms with Crippen LogP contribution in [0.5, 0.6) is 0 Å². The van der Waals surface area contributed by atoms with Crippen molar-refractivity contribution >= 4 is 27.8 Å². The van der Waals surface area contributed by atoms with Gasteiger partial charge in [0, 0.05) is 13.0 Å². The SMILES string of the molecule is CC(C)(C)C1C(Br)C(=O)CCN1C(=O)O. The van der Waals surface area contributed by atoms with Crippen LogP contribution in [0.25, 0.3) is 0 Å². The summed E-state index contributed by atoms with van der Waals surface area (Å²) in [6, 6.07) is -0.295. The zero-order valence-electron chi connectivity index (χ0n) is 9.16. The van der Waals surface area contributed by atoms with Gasteiger partial charge in [0.1, 0.15) is 5.78 Å². The molecule has 1 N–H and O–H groups in total. The molecule has 86 valence electrons. The predicted molar refractivity (Wildman–Crippen MR) is 60.3 cm³/mol. The van der Waals surface area contributed by atoms with Crippen molar-refractivity contribution in [2.45, 2.75) is 38.1 Å². The van der Waals surface area contributed by atoms with Crippen molar-refractivity contribution in [3.63, 3.8) is 0 Å². The van der Waals surface area contributed by atoms with Gasteiger partial charge in [0.2, 0.25) is 0 Å². The minimum absolute atomic E-state index is 0.0902. The van der Waals surface area contributed by atoms with Crippen LogP contribution in [-0.4, -0.2) is 39.3 Å². The number of amides is 1. The standard InChI is InChI=1S/C10H16BrNO3/c1-10(2,3)8-7(11)6(13)4-5-12(8)9(14)15/h7-8H,4-5H2,1-3H3,(H,14,15). The van der Waals surface area contributed by atoms with Crippen molar-refractivity contribution in [1.82, 2.24) is 4.90 Å². The molecule has 0 spiro atoms. The van der Waals surface area contributed by atoms with E-state index in [0.29, 0.717) is 13.0 Å². The third-order valence-corrected chi connectivity index (χ3v) is 3.66. The Hall–Kier alpha value is -0.580. The Morgan fingerprint density at radius 2 is 2.07 bits per heavy atom. The molecule has 1 amide bonds. The maximum absolute atomic E-state index is 11.6. The minimum atomic E-state index is -0.952. The number of halogens is 1. The number of carbonyl (C=O) groups excluding carboxylic acids is 1. The number of alkyl halides is 1. The number of carbonyl (C=O) groups is 2. The zero-order valence-corrected chi connectivity index (χ0v) is 10.7. The van der Waals surface area contributed by atoms with Crippen LogP contribution in [-0.2, 0) is 4.79 Å². The summed E-state index contributed by atoms with van der Waals surface area (Å²) in [5.74, 6) is 0.0902. The molecular weight excluding hydrogens is 262 g/mol. The van der Waals surface area contributed by atoms with Crippen molar-refractivity contribution in [2.24, 2.45) is 5.41 Å². The Kier molecular flexibility index (Phi) is 3.43. The Bertz CT molecular complexity index is 285. The Morgan fingerprint density at radius 3 is 2.47 bits per heavy atom. The van der Waals surface area contributed by atoms with E-state index in [1.54, 1.807) is 0 Å². The number of rotatable bonds is 0. The van der Waals surface area contributed by atoms with Gasteiger partial charge < -0.3 is 10.0 Å². The van der Waals surface area contributed by atoms with E-state index in [4.69, 9.17) is 5.11 Å². The van der Waals surface area contributed by atoms with Gasteiger partial charge in [-0.3, -0.25) is 4.79 Å². The molecule has 0 aromatic heterocycles. The summed E-state index contributed by atoms with van der Waals surface area (Å²) < 4.78 is 0. The van der Waals surface area contributed by atoms with Gasteiger partial charge in [-0.25, -0.2) is 4.79 Å². The number of ketones is 1. The first-order chi connectivity index (χ1) is 6.75. The summed E-state index contributed by atoms with van der Waals surface area (Å²) in [7, 11) is 0. The van der Waals surface area contributed by atoms with Gasteiger partial charge in [0.05, 0.1) is 10.9 Å². The summed E-state index contributed by atoms with van der Waals surface area (Å²) in [4.78, 5) is 23.6. The Morgan fingerprint density at radius 1 is 1.53 bits per heavy atom. The molecular formula is C10H16BrNO3. The Balaban J connectivity index is 3.00. The molecule has 0 aromatic carbocycles. The largest absolute Gasteiger partial charge is 0.465 e. The molecule has 1 fully saturated rings. The van der Waals surface area contributed by atoms with E-state index in [1.807, 2.05) is 20.8 Å². The van der Waals surface area contributed by atoms with Crippen LogP contribution in [0.1, 0.15) is 27.2 Å². The molecule has 1 aliphatic rings. The molecule has 5 heteroatoms. The van der Waals surface area contributed by atoms with Gasteiger partial charge in [-0.2, -0.15) is 0 Å². The second-order valence-electron chi connectivity index (χ2n) is 4.90. The van der Waals surface area contributed by atoms with Gasteiger partial charge in [-0.05, 0) is 5.41 Å². The second kappa shape index (κ2) is 4.12. The van der Waals surface area contributed by atoms with Crippen molar-refractivity contribution in [2.75, 3.05) is 6.54 Å². The number of piperidine rings is 1. The predicted octanol–water partition coefficient (Wildman–Crippen LogP) is 2.12. The molecule has 0 radical (unpaired) electrons. The molecule has 1 rings (SSSR count). The topological polar surface area (TPSA) is 57.6 Å². The quantitative estimate of drug-likeness (QED) is 0.690. The number of hydrogen-bond acceptors (Lipinski definition) is 2. The first kappa shape index (κ1) is 12.5. The fourth-order valence-corrected chi connectivity index (χ4v) is 3.27. The summed E-state index contributed by atoms with van der Waals surface area (Å²) in [6.45, 7) is 6.14. The fraction of sp³-hybridized carbons (Fsp3) is 0.800. The van der Waals surface area contributed by atoms with Crippen molar-refractivity contribution in [3.8, 4) is 0 Å². The van der Waals surface area contributed by atoms with Gasteiger partial charge >= 0.3 is 6.09 Å². The van der Waals surface area contributed by atoms with Gasteiger partial charge in [-0.15, -0.1) is 0 Å². The van der Waals surface area contributed by atoms with E-state index in [-0.39, 0.29) is 22.1 Å². The highest BCUT2D eigenvalue weighted by Gasteiger charge is 2.44. The normalized spacial score (nSPS) is 28.0. The average Bonchev–Trinajstić information content (AvgIpc) is 2.06. The highest BCUT2D eigenvalue weighted by molar-refractivity contribution is 9.10. The number of nitrogens with zero attached hydrogens (tertiary/aromatic N) is 1. The number of likely N-dealkylation sites (tertiary alicyclic amines) is 1. The lowest BCUT2D eigenvalue weighted by molar-refractivity contribution is -0.123. The van der Waals surface area contributed by atoms with E-state index in [9.17, 15) is 9.59 Å². The Labute approximate surface area is 97.8 Å². The highest BCUT2D eigenvalue weighted by Crippen LogP contribution is 2.34. The summed E-state index contributed by atoms with van der Waals surface area (Å²) in [5, 5.41) is 9.07. The average molecular weight is 278 g/mol. The van der Waals surface area contributed by atoms with Gasteiger partial charge in [-0.1, -0.05) is 36.7 Å². The van der Waals surface area contributed by atoms with Crippen LogP contribution < -0.4 is 0 Å². The molecule has 0 aliphatic carbocycles. The molecule has 1 saturated heterocycles. The third-order valence-electron chi connectivity index (χ3n) is 2.65. The maximum Gasteiger partial charge on any atom is 0.407 e. The van der Waals surface area contributed by atoms with E-state index in [0.717, 1.165) is 0 Å². The monoisotopic (exact) mass is 277 g/mol. The van der Waals surface area contributed by atoms with Gasteiger partial charge in [0.25, 0.3) is 0 Å². The van der Waals surface area contributed by atoms with E-state index in [2.05, 4.69) is 15.9 Å². The second-order valence-corrected chi connectivity index (χ2v) is 5.89. The molecule has 0 saturated carbocycles. The van der Waals surface area contributed by atoms with Crippen LogP contribution in [0.3, 0.4) is 0 Å². The van der Waals surface area contributed by atoms with Crippen LogP contribution in [0.15, 0.2) is 0 Å². The van der Waals surface area contributed by atoms with E-state index < -0.39 is 6.09 Å². The molecule has 4 nitrogen and oxygen atoms in total. The molecule has 1 heterocycles. The summed E-state index contributed by atoms with van der Waals surface area (Å²) >= 11 is 3.31. The van der Waals surface area contributed by atoms with Crippen LogP contribution in [0.2, 0.25) is 0 Å². The lowest BCUT2D eigenvalue weighted by Crippen LogP contribution is -2.57. The first-order valence-corrected chi connectivity index (χ1v) is 5.83. The first-order valence-electron chi connectivity index (χ1n) is 4.91. The van der Waals surface area contributed by atoms with Gasteiger partial charge in [0.15, 0.2) is 0 Å². The van der Waals surface area contributed by atoms with Crippen LogP contribution in [0, 0.1) is 5.41 Å². The van der Waals surface area contributed by atoms with Crippen molar-refractivity contribution < 1.29 is 14.7 Å². The minimum Gasteiger partial charge on any atom is -0.465 e. The number of hydrogen-bond donors (Lipinski definition) is 1. The smallest absolute Gasteiger partial charge is 0.407 e. The molecule has 2 unspecified atom stereocenters. The molecule has 1 aliphatic heterocycles. The van der Waals surface area contributed by atoms with Crippen molar-refractivity contribution in [3.05, 3.63) is 0 Å². The number of Topliss-reactive ketones (excluding diaryl/α,β-unsaturated/α-hetero) is 1. The third kappa shape index (κ3) is 2.51. The lowest BCUT2D eigenvalue weighted by atomic mass is 9.80. The van der Waals surface area contributed by atoms with Crippen LogP contribution in [0.4, 0.5) is 4.79 Å². The molecule has 0 aromatic rings. The summed E-state index contributed by atoms with van der Waals surface area (Å²) in [6.07, 6.45) is -0.652. The van der Waals surface area contributed by atoms with E-state index in [1.165, 1.54) is 4.90 Å². The number of carboxylic acid groups (broad SMARTS) is 1. The highest BCUT2D eigenvalue weighted by atomic mass is 79.9. The van der Waals surface area contributed by atoms with E-state index >= 15 is 0 Å². The van der Waals surface area contributed by atoms with Crippen molar-refractivity contribution in [1.29, 1.82) is 0 Å². The zero-order chi connectivity index (χ0) is 11.8.